The van der Waals surface area contributed by atoms with Gasteiger partial charge in [0.1, 0.15) is 5.82 Å². The summed E-state index contributed by atoms with van der Waals surface area (Å²) in [6.07, 6.45) is 5.15. The van der Waals surface area contributed by atoms with Crippen LogP contribution in [0.15, 0.2) is 36.7 Å². The van der Waals surface area contributed by atoms with Gasteiger partial charge in [0.15, 0.2) is 0 Å². The van der Waals surface area contributed by atoms with Gasteiger partial charge in [0.2, 0.25) is 0 Å². The van der Waals surface area contributed by atoms with E-state index in [2.05, 4.69) is 17.2 Å². The van der Waals surface area contributed by atoms with Gasteiger partial charge in [-0.2, -0.15) is 0 Å². The van der Waals surface area contributed by atoms with E-state index in [0.717, 1.165) is 5.82 Å². The maximum Gasteiger partial charge on any atom is 0.129 e. The summed E-state index contributed by atoms with van der Waals surface area (Å²) in [6, 6.07) is 5.69. The third-order valence-corrected chi connectivity index (χ3v) is 1.01. The molecule has 0 fully saturated rings. The number of hydrogen-bond donors (Lipinski definition) is 1. The normalized spacial score (nSPS) is 10.1. The van der Waals surface area contributed by atoms with E-state index in [0.29, 0.717) is 0 Å². The van der Waals surface area contributed by atoms with Crippen LogP contribution in [0.3, 0.4) is 0 Å². The van der Waals surface area contributed by atoms with Crippen molar-refractivity contribution < 1.29 is 0 Å². The molecule has 1 aromatic rings. The number of aromatic nitrogens is 1. The minimum atomic E-state index is 0.836. The molecule has 51 valence electrons. The van der Waals surface area contributed by atoms with Crippen LogP contribution in [0, 0.1) is 6.92 Å². The molecule has 1 N–H and O–H groups in total. The Morgan fingerprint density at radius 2 is 2.40 bits per heavy atom. The van der Waals surface area contributed by atoms with E-state index in [-0.39, 0.29) is 0 Å². The molecule has 2 nitrogen and oxygen atoms in total. The highest BCUT2D eigenvalue weighted by atomic mass is 15.0. The summed E-state index contributed by atoms with van der Waals surface area (Å²) in [5.41, 5.74) is 0. The van der Waals surface area contributed by atoms with Gasteiger partial charge in [0.25, 0.3) is 0 Å². The fourth-order valence-corrected chi connectivity index (χ4v) is 0.592. The summed E-state index contributed by atoms with van der Waals surface area (Å²) in [7, 11) is 0. The Morgan fingerprint density at radius 1 is 1.50 bits per heavy atom. The standard InChI is InChI=1S/C8H9N2/c1-2-6-9-8-5-3-4-7-10-8/h2-7H,1H2,(H,9,10). The first-order chi connectivity index (χ1) is 4.93. The van der Waals surface area contributed by atoms with Crippen LogP contribution in [0.5, 0.6) is 0 Å². The molecule has 0 amide bonds. The first kappa shape index (κ1) is 6.81. The van der Waals surface area contributed by atoms with Gasteiger partial charge in [-0.15, -0.1) is 0 Å². The van der Waals surface area contributed by atoms with Crippen LogP contribution in [0.1, 0.15) is 0 Å². The molecular formula is C8H9N2. The molecule has 0 aliphatic rings. The Labute approximate surface area is 60.6 Å². The lowest BCUT2D eigenvalue weighted by Crippen LogP contribution is -1.88. The van der Waals surface area contributed by atoms with Gasteiger partial charge in [0.05, 0.1) is 0 Å². The summed E-state index contributed by atoms with van der Waals surface area (Å²) >= 11 is 0. The van der Waals surface area contributed by atoms with Gasteiger partial charge in [-0.25, -0.2) is 4.98 Å². The predicted octanol–water partition coefficient (Wildman–Crippen LogP) is 1.84. The second-order valence-electron chi connectivity index (χ2n) is 1.76. The molecule has 1 radical (unpaired) electrons. The molecule has 10 heavy (non-hydrogen) atoms. The van der Waals surface area contributed by atoms with Crippen molar-refractivity contribution >= 4 is 5.82 Å². The van der Waals surface area contributed by atoms with E-state index in [1.165, 1.54) is 0 Å². The van der Waals surface area contributed by atoms with E-state index >= 15 is 0 Å². The lowest BCUT2D eigenvalue weighted by Gasteiger charge is -1.95. The molecule has 2 heteroatoms. The van der Waals surface area contributed by atoms with Crippen LogP contribution in [-0.4, -0.2) is 4.98 Å². The lowest BCUT2D eigenvalue weighted by molar-refractivity contribution is 1.31. The molecule has 1 heterocycles. The smallest absolute Gasteiger partial charge is 0.129 e. The molecule has 1 rings (SSSR count). The van der Waals surface area contributed by atoms with Crippen molar-refractivity contribution in [3.63, 3.8) is 0 Å². The highest BCUT2D eigenvalue weighted by Gasteiger charge is 1.82. The Balaban J connectivity index is 2.59. The number of hydrogen-bond acceptors (Lipinski definition) is 2. The van der Waals surface area contributed by atoms with E-state index < -0.39 is 0 Å². The van der Waals surface area contributed by atoms with Crippen LogP contribution in [-0.2, 0) is 0 Å². The fraction of sp³-hybridized carbons (Fsp3) is 0. The molecule has 0 aromatic carbocycles. The second-order valence-corrected chi connectivity index (χ2v) is 1.76. The maximum atomic E-state index is 4.03. The van der Waals surface area contributed by atoms with E-state index in [1.807, 2.05) is 18.2 Å². The minimum absolute atomic E-state index is 0.836. The molecular weight excluding hydrogens is 124 g/mol. The lowest BCUT2D eigenvalue weighted by atomic mass is 10.5. The first-order valence-electron chi connectivity index (χ1n) is 3.05. The Kier molecular flexibility index (Phi) is 2.49. The van der Waals surface area contributed by atoms with E-state index in [1.54, 1.807) is 18.5 Å². The van der Waals surface area contributed by atoms with Crippen LogP contribution in [0.4, 0.5) is 5.82 Å². The minimum Gasteiger partial charge on any atom is -0.347 e. The number of nitrogens with zero attached hydrogens (tertiary/aromatic N) is 1. The fourth-order valence-electron chi connectivity index (χ4n) is 0.592. The van der Waals surface area contributed by atoms with Gasteiger partial charge in [-0.1, -0.05) is 12.1 Å². The van der Waals surface area contributed by atoms with Crippen molar-refractivity contribution in [2.75, 3.05) is 5.32 Å². The predicted molar refractivity (Wildman–Crippen MR) is 42.4 cm³/mol. The number of nitrogens with one attached hydrogen (secondary N) is 1. The Bertz CT molecular complexity index is 204. The van der Waals surface area contributed by atoms with Gasteiger partial charge >= 0.3 is 0 Å². The average molecular weight is 133 g/mol. The number of pyridine rings is 1. The highest BCUT2D eigenvalue weighted by molar-refractivity contribution is 5.36. The van der Waals surface area contributed by atoms with Crippen molar-refractivity contribution in [1.82, 2.24) is 4.98 Å². The zero-order valence-electron chi connectivity index (χ0n) is 5.62. The Hall–Kier alpha value is -1.31. The largest absolute Gasteiger partial charge is 0.347 e. The zero-order chi connectivity index (χ0) is 7.23. The van der Waals surface area contributed by atoms with Crippen molar-refractivity contribution in [1.29, 1.82) is 0 Å². The third-order valence-electron chi connectivity index (χ3n) is 1.01. The van der Waals surface area contributed by atoms with Crippen LogP contribution >= 0.6 is 0 Å². The van der Waals surface area contributed by atoms with Crippen molar-refractivity contribution in [3.05, 3.63) is 43.6 Å². The van der Waals surface area contributed by atoms with Gasteiger partial charge in [0, 0.05) is 6.20 Å². The van der Waals surface area contributed by atoms with Crippen molar-refractivity contribution in [2.24, 2.45) is 0 Å². The van der Waals surface area contributed by atoms with E-state index in [9.17, 15) is 0 Å². The average Bonchev–Trinajstić information content (AvgIpc) is 2.03. The topological polar surface area (TPSA) is 24.9 Å². The molecule has 0 bridgehead atoms. The number of rotatable bonds is 2. The monoisotopic (exact) mass is 133 g/mol. The van der Waals surface area contributed by atoms with Gasteiger partial charge < -0.3 is 5.32 Å². The highest BCUT2D eigenvalue weighted by Crippen LogP contribution is 1.98. The molecule has 0 saturated heterocycles. The zero-order valence-corrected chi connectivity index (χ0v) is 5.62. The molecule has 0 spiro atoms. The summed E-state index contributed by atoms with van der Waals surface area (Å²) in [6.45, 7) is 3.53. The molecule has 0 saturated carbocycles. The summed E-state index contributed by atoms with van der Waals surface area (Å²) in [5.74, 6) is 0.836. The van der Waals surface area contributed by atoms with Gasteiger partial charge in [-0.05, 0) is 25.3 Å². The maximum absolute atomic E-state index is 4.03. The molecule has 0 aliphatic heterocycles. The number of allylic oxidation sites excluding steroid dienone is 1. The second kappa shape index (κ2) is 3.67. The number of anilines is 1. The molecule has 0 aliphatic carbocycles. The Morgan fingerprint density at radius 3 is 3.00 bits per heavy atom. The first-order valence-corrected chi connectivity index (χ1v) is 3.05. The quantitative estimate of drug-likeness (QED) is 0.665. The molecule has 0 atom stereocenters. The molecule has 1 aromatic heterocycles. The summed E-state index contributed by atoms with van der Waals surface area (Å²) in [5, 5.41) is 2.94. The summed E-state index contributed by atoms with van der Waals surface area (Å²) in [4.78, 5) is 4.03. The third kappa shape index (κ3) is 1.90. The SMILES string of the molecule is [CH2]C=CNc1ccccn1. The van der Waals surface area contributed by atoms with Crippen LogP contribution in [0.25, 0.3) is 0 Å². The van der Waals surface area contributed by atoms with Crippen LogP contribution in [0.2, 0.25) is 0 Å². The van der Waals surface area contributed by atoms with E-state index in [4.69, 9.17) is 0 Å². The summed E-state index contributed by atoms with van der Waals surface area (Å²) < 4.78 is 0. The molecule has 0 unspecified atom stereocenters. The van der Waals surface area contributed by atoms with Gasteiger partial charge in [-0.3, -0.25) is 0 Å². The van der Waals surface area contributed by atoms with Crippen LogP contribution < -0.4 is 5.32 Å². The van der Waals surface area contributed by atoms with Crippen molar-refractivity contribution in [2.45, 2.75) is 0 Å². The van der Waals surface area contributed by atoms with Crippen molar-refractivity contribution in [3.8, 4) is 0 Å².